The molecule has 0 unspecified atom stereocenters. The Morgan fingerprint density at radius 3 is 2.73 bits per heavy atom. The quantitative estimate of drug-likeness (QED) is 0.779. The predicted molar refractivity (Wildman–Crippen MR) is 99.2 cm³/mol. The summed E-state index contributed by atoms with van der Waals surface area (Å²) >= 11 is 0. The minimum Gasteiger partial charge on any atom is -0.378 e. The average Bonchev–Trinajstić information content (AvgIpc) is 2.68. The zero-order valence-electron chi connectivity index (χ0n) is 14.1. The topological polar surface area (TPSA) is 61.2 Å². The summed E-state index contributed by atoms with van der Waals surface area (Å²) in [5.74, 6) is 0.536. The lowest BCUT2D eigenvalue weighted by Crippen LogP contribution is -2.36. The molecule has 26 heavy (non-hydrogen) atoms. The molecule has 130 valence electrons. The van der Waals surface area contributed by atoms with Crippen LogP contribution in [0.15, 0.2) is 48.7 Å². The number of hydrogen-bond acceptors (Lipinski definition) is 5. The molecule has 2 heterocycles. The number of hydrogen-bond donors (Lipinski definition) is 1. The van der Waals surface area contributed by atoms with Crippen molar-refractivity contribution >= 4 is 28.0 Å². The molecule has 4 rings (SSSR count). The highest BCUT2D eigenvalue weighted by atomic mass is 19.1. The Labute approximate surface area is 150 Å². The largest absolute Gasteiger partial charge is 0.378 e. The fraction of sp³-hybridized carbons (Fsp3) is 0.200. The molecule has 6 heteroatoms. The summed E-state index contributed by atoms with van der Waals surface area (Å²) in [6.07, 6.45) is 1.75. The number of morpholine rings is 1. The normalized spacial score (nSPS) is 14.2. The first kappa shape index (κ1) is 16.3. The molecule has 0 aliphatic carbocycles. The summed E-state index contributed by atoms with van der Waals surface area (Å²) in [4.78, 5) is 6.79. The van der Waals surface area contributed by atoms with Gasteiger partial charge in [-0.05, 0) is 30.3 Å². The zero-order valence-corrected chi connectivity index (χ0v) is 14.1. The number of fused-ring (bicyclic) bond motifs is 1. The number of anilines is 3. The Morgan fingerprint density at radius 1 is 1.12 bits per heavy atom. The van der Waals surface area contributed by atoms with Gasteiger partial charge < -0.3 is 15.0 Å². The van der Waals surface area contributed by atoms with E-state index in [1.54, 1.807) is 24.4 Å². The highest BCUT2D eigenvalue weighted by Gasteiger charge is 2.17. The van der Waals surface area contributed by atoms with Gasteiger partial charge in [-0.1, -0.05) is 12.1 Å². The van der Waals surface area contributed by atoms with Crippen LogP contribution in [0.5, 0.6) is 0 Å². The molecule has 0 saturated carbocycles. The second-order valence-electron chi connectivity index (χ2n) is 6.10. The van der Waals surface area contributed by atoms with Gasteiger partial charge in [-0.3, -0.25) is 0 Å². The molecule has 1 aromatic heterocycles. The molecular formula is C20H17FN4O. The van der Waals surface area contributed by atoms with Crippen molar-refractivity contribution in [1.82, 2.24) is 4.98 Å². The maximum atomic E-state index is 13.5. The summed E-state index contributed by atoms with van der Waals surface area (Å²) in [7, 11) is 0. The SMILES string of the molecule is N#Cc1ccc2c(Nc3cccc(F)c3)cnc(N3CCOCC3)c2c1. The lowest BCUT2D eigenvalue weighted by molar-refractivity contribution is 0.122. The Bertz CT molecular complexity index is 993. The number of nitrogens with zero attached hydrogens (tertiary/aromatic N) is 3. The van der Waals surface area contributed by atoms with E-state index < -0.39 is 0 Å². The van der Waals surface area contributed by atoms with Gasteiger partial charge in [-0.25, -0.2) is 9.37 Å². The first-order valence-electron chi connectivity index (χ1n) is 8.43. The van der Waals surface area contributed by atoms with E-state index in [0.717, 1.165) is 35.4 Å². The summed E-state index contributed by atoms with van der Waals surface area (Å²) in [6.45, 7) is 2.83. The van der Waals surface area contributed by atoms with Gasteiger partial charge in [0.25, 0.3) is 0 Å². The molecule has 1 N–H and O–H groups in total. The monoisotopic (exact) mass is 348 g/mol. The van der Waals surface area contributed by atoms with Crippen molar-refractivity contribution in [3.8, 4) is 6.07 Å². The van der Waals surface area contributed by atoms with Crippen molar-refractivity contribution in [3.05, 3.63) is 60.0 Å². The van der Waals surface area contributed by atoms with Crippen molar-refractivity contribution in [2.75, 3.05) is 36.5 Å². The van der Waals surface area contributed by atoms with Crippen LogP contribution in [-0.4, -0.2) is 31.3 Å². The van der Waals surface area contributed by atoms with E-state index in [4.69, 9.17) is 4.74 Å². The lowest BCUT2D eigenvalue weighted by Gasteiger charge is -2.29. The number of nitrogens with one attached hydrogen (secondary N) is 1. The molecule has 0 atom stereocenters. The van der Waals surface area contributed by atoms with Crippen molar-refractivity contribution in [3.63, 3.8) is 0 Å². The second-order valence-corrected chi connectivity index (χ2v) is 6.10. The highest BCUT2D eigenvalue weighted by Crippen LogP contribution is 2.33. The highest BCUT2D eigenvalue weighted by molar-refractivity contribution is 6.01. The van der Waals surface area contributed by atoms with E-state index in [0.29, 0.717) is 24.5 Å². The van der Waals surface area contributed by atoms with Crippen LogP contribution in [0.1, 0.15) is 5.56 Å². The molecule has 3 aromatic rings. The first-order valence-corrected chi connectivity index (χ1v) is 8.43. The first-order chi connectivity index (χ1) is 12.7. The molecule has 5 nitrogen and oxygen atoms in total. The number of pyridine rings is 1. The minimum atomic E-state index is -0.302. The Morgan fingerprint density at radius 2 is 1.96 bits per heavy atom. The zero-order chi connectivity index (χ0) is 17.9. The van der Waals surface area contributed by atoms with E-state index >= 15 is 0 Å². The fourth-order valence-corrected chi connectivity index (χ4v) is 3.15. The van der Waals surface area contributed by atoms with Crippen LogP contribution in [0, 0.1) is 17.1 Å². The third kappa shape index (κ3) is 3.17. The average molecular weight is 348 g/mol. The number of ether oxygens (including phenoxy) is 1. The second kappa shape index (κ2) is 6.98. The maximum absolute atomic E-state index is 13.5. The lowest BCUT2D eigenvalue weighted by atomic mass is 10.1. The van der Waals surface area contributed by atoms with Crippen molar-refractivity contribution in [2.45, 2.75) is 0 Å². The smallest absolute Gasteiger partial charge is 0.136 e. The van der Waals surface area contributed by atoms with Gasteiger partial charge in [0, 0.05) is 29.5 Å². The predicted octanol–water partition coefficient (Wildman–Crippen LogP) is 3.83. The minimum absolute atomic E-state index is 0.302. The molecule has 1 saturated heterocycles. The van der Waals surface area contributed by atoms with E-state index in [1.807, 2.05) is 12.1 Å². The summed E-state index contributed by atoms with van der Waals surface area (Å²) in [5.41, 5.74) is 2.00. The van der Waals surface area contributed by atoms with Gasteiger partial charge in [-0.2, -0.15) is 5.26 Å². The van der Waals surface area contributed by atoms with E-state index in [-0.39, 0.29) is 5.82 Å². The molecule has 1 fully saturated rings. The van der Waals surface area contributed by atoms with Gasteiger partial charge in [0.05, 0.1) is 36.7 Å². The van der Waals surface area contributed by atoms with Crippen LogP contribution >= 0.6 is 0 Å². The van der Waals surface area contributed by atoms with Crippen molar-refractivity contribution in [1.29, 1.82) is 5.26 Å². The van der Waals surface area contributed by atoms with E-state index in [9.17, 15) is 9.65 Å². The van der Waals surface area contributed by atoms with Gasteiger partial charge in [0.1, 0.15) is 11.6 Å². The molecular weight excluding hydrogens is 331 g/mol. The van der Waals surface area contributed by atoms with Crippen LogP contribution in [0.2, 0.25) is 0 Å². The van der Waals surface area contributed by atoms with Gasteiger partial charge in [0.15, 0.2) is 0 Å². The van der Waals surface area contributed by atoms with Crippen molar-refractivity contribution < 1.29 is 9.13 Å². The summed E-state index contributed by atoms with van der Waals surface area (Å²) in [5, 5.41) is 14.3. The molecule has 0 spiro atoms. The van der Waals surface area contributed by atoms with Gasteiger partial charge in [0.2, 0.25) is 0 Å². The maximum Gasteiger partial charge on any atom is 0.136 e. The summed E-state index contributed by atoms with van der Waals surface area (Å²) in [6, 6.07) is 14.0. The summed E-state index contributed by atoms with van der Waals surface area (Å²) < 4.78 is 18.9. The van der Waals surface area contributed by atoms with Crippen LogP contribution in [-0.2, 0) is 4.74 Å². The van der Waals surface area contributed by atoms with Crippen LogP contribution < -0.4 is 10.2 Å². The van der Waals surface area contributed by atoms with Crippen molar-refractivity contribution in [2.24, 2.45) is 0 Å². The standard InChI is InChI=1S/C20H17FN4O/c21-15-2-1-3-16(11-15)24-19-13-23-20(25-6-8-26-9-7-25)18-10-14(12-22)4-5-17(18)19/h1-5,10-11,13,24H,6-9H2. The van der Waals surface area contributed by atoms with Crippen LogP contribution in [0.3, 0.4) is 0 Å². The van der Waals surface area contributed by atoms with Gasteiger partial charge >= 0.3 is 0 Å². The molecule has 2 aromatic carbocycles. The number of rotatable bonds is 3. The molecule has 0 bridgehead atoms. The Balaban J connectivity index is 1.81. The van der Waals surface area contributed by atoms with E-state index in [2.05, 4.69) is 21.3 Å². The van der Waals surface area contributed by atoms with Crippen LogP contribution in [0.4, 0.5) is 21.6 Å². The number of nitriles is 1. The third-order valence-corrected chi connectivity index (χ3v) is 4.41. The van der Waals surface area contributed by atoms with Gasteiger partial charge in [-0.15, -0.1) is 0 Å². The molecule has 0 amide bonds. The Hall–Kier alpha value is -3.17. The number of aromatic nitrogens is 1. The Kier molecular flexibility index (Phi) is 4.38. The molecule has 0 radical (unpaired) electrons. The molecule has 1 aliphatic rings. The molecule has 1 aliphatic heterocycles. The third-order valence-electron chi connectivity index (χ3n) is 4.41. The number of halogens is 1. The number of benzene rings is 2. The fourth-order valence-electron chi connectivity index (χ4n) is 3.15. The van der Waals surface area contributed by atoms with E-state index in [1.165, 1.54) is 12.1 Å². The van der Waals surface area contributed by atoms with Crippen LogP contribution in [0.25, 0.3) is 10.8 Å².